The first kappa shape index (κ1) is 10.6. The molecule has 2 unspecified atom stereocenters. The van der Waals surface area contributed by atoms with E-state index in [2.05, 4.69) is 17.7 Å². The molecule has 1 heterocycles. The van der Waals surface area contributed by atoms with Crippen LogP contribution in [-0.4, -0.2) is 30.6 Å². The van der Waals surface area contributed by atoms with Gasteiger partial charge < -0.3 is 5.73 Å². The zero-order valence-corrected chi connectivity index (χ0v) is 8.50. The van der Waals surface area contributed by atoms with E-state index < -0.39 is 0 Å². The van der Waals surface area contributed by atoms with Crippen molar-refractivity contribution < 1.29 is 0 Å². The number of likely N-dealkylation sites (tertiary alicyclic amines) is 1. The molecule has 2 nitrogen and oxygen atoms in total. The summed E-state index contributed by atoms with van der Waals surface area (Å²) < 4.78 is 0. The number of nitrogens with two attached hydrogens (primary N) is 1. The number of terminal acetylenes is 1. The fourth-order valence-corrected chi connectivity index (χ4v) is 1.97. The number of hydrogen-bond acceptors (Lipinski definition) is 2. The van der Waals surface area contributed by atoms with Crippen LogP contribution in [0.1, 0.15) is 26.2 Å². The van der Waals surface area contributed by atoms with Crippen molar-refractivity contribution in [1.82, 2.24) is 4.90 Å². The Kier molecular flexibility index (Phi) is 4.27. The van der Waals surface area contributed by atoms with Gasteiger partial charge in [-0.3, -0.25) is 4.90 Å². The van der Waals surface area contributed by atoms with Gasteiger partial charge in [-0.05, 0) is 32.2 Å². The van der Waals surface area contributed by atoms with Crippen molar-refractivity contribution >= 4 is 0 Å². The minimum atomic E-state index is 0.689. The van der Waals surface area contributed by atoms with Crippen LogP contribution in [0.25, 0.3) is 0 Å². The van der Waals surface area contributed by atoms with Gasteiger partial charge in [0.1, 0.15) is 0 Å². The Morgan fingerprint density at radius 3 is 2.92 bits per heavy atom. The third kappa shape index (κ3) is 3.02. The number of nitrogens with zero attached hydrogens (tertiary/aromatic N) is 1. The van der Waals surface area contributed by atoms with Crippen molar-refractivity contribution in [3.8, 4) is 12.3 Å². The number of hydrogen-bond donors (Lipinski definition) is 1. The van der Waals surface area contributed by atoms with Gasteiger partial charge >= 0.3 is 0 Å². The molecule has 74 valence electrons. The molecule has 0 spiro atoms. The molecule has 1 aliphatic heterocycles. The van der Waals surface area contributed by atoms with E-state index in [1.165, 1.54) is 12.8 Å². The smallest absolute Gasteiger partial charge is 0.0214 e. The molecule has 13 heavy (non-hydrogen) atoms. The zero-order valence-electron chi connectivity index (χ0n) is 8.50. The van der Waals surface area contributed by atoms with Crippen LogP contribution in [0.2, 0.25) is 0 Å². The molecule has 2 N–H and O–H groups in total. The average molecular weight is 180 g/mol. The van der Waals surface area contributed by atoms with Gasteiger partial charge in [-0.2, -0.15) is 0 Å². The van der Waals surface area contributed by atoms with E-state index in [1.54, 1.807) is 0 Å². The van der Waals surface area contributed by atoms with E-state index >= 15 is 0 Å². The molecule has 0 amide bonds. The third-order valence-corrected chi connectivity index (χ3v) is 2.99. The van der Waals surface area contributed by atoms with Gasteiger partial charge in [-0.25, -0.2) is 0 Å². The van der Waals surface area contributed by atoms with Gasteiger partial charge in [-0.1, -0.05) is 0 Å². The van der Waals surface area contributed by atoms with Crippen molar-refractivity contribution in [3.05, 3.63) is 0 Å². The lowest BCUT2D eigenvalue weighted by molar-refractivity contribution is 0.124. The van der Waals surface area contributed by atoms with Crippen molar-refractivity contribution in [2.45, 2.75) is 32.2 Å². The second-order valence-electron chi connectivity index (χ2n) is 3.98. The minimum Gasteiger partial charge on any atom is -0.330 e. The van der Waals surface area contributed by atoms with Crippen LogP contribution >= 0.6 is 0 Å². The maximum atomic E-state index is 5.67. The van der Waals surface area contributed by atoms with Gasteiger partial charge in [0.15, 0.2) is 0 Å². The Bertz CT molecular complexity index is 183. The first-order valence-corrected chi connectivity index (χ1v) is 5.15. The van der Waals surface area contributed by atoms with Gasteiger partial charge in [-0.15, -0.1) is 12.3 Å². The minimum absolute atomic E-state index is 0.689. The Hall–Kier alpha value is -0.520. The maximum absolute atomic E-state index is 5.67. The number of piperidine rings is 1. The molecule has 1 rings (SSSR count). The van der Waals surface area contributed by atoms with Crippen LogP contribution in [0.3, 0.4) is 0 Å². The van der Waals surface area contributed by atoms with Gasteiger partial charge in [0.05, 0.1) is 0 Å². The van der Waals surface area contributed by atoms with Crippen LogP contribution in [0.4, 0.5) is 0 Å². The van der Waals surface area contributed by atoms with Crippen molar-refractivity contribution in [1.29, 1.82) is 0 Å². The topological polar surface area (TPSA) is 29.3 Å². The van der Waals surface area contributed by atoms with E-state index in [9.17, 15) is 0 Å². The lowest BCUT2D eigenvalue weighted by Crippen LogP contribution is -2.44. The van der Waals surface area contributed by atoms with E-state index in [-0.39, 0.29) is 0 Å². The summed E-state index contributed by atoms with van der Waals surface area (Å²) in [5.74, 6) is 3.38. The average Bonchev–Trinajstić information content (AvgIpc) is 2.17. The Balaban J connectivity index is 2.36. The molecule has 0 aliphatic carbocycles. The van der Waals surface area contributed by atoms with Gasteiger partial charge in [0.25, 0.3) is 0 Å². The van der Waals surface area contributed by atoms with Crippen LogP contribution < -0.4 is 5.73 Å². The summed E-state index contributed by atoms with van der Waals surface area (Å²) in [7, 11) is 0. The molecule has 0 bridgehead atoms. The number of rotatable bonds is 3. The third-order valence-electron chi connectivity index (χ3n) is 2.99. The summed E-state index contributed by atoms with van der Waals surface area (Å²) in [6.07, 6.45) is 8.67. The summed E-state index contributed by atoms with van der Waals surface area (Å²) in [6.45, 7) is 5.27. The zero-order chi connectivity index (χ0) is 9.68. The summed E-state index contributed by atoms with van der Waals surface area (Å²) in [4.78, 5) is 2.47. The highest BCUT2D eigenvalue weighted by molar-refractivity contribution is 4.87. The molecule has 1 saturated heterocycles. The Labute approximate surface area is 81.5 Å². The lowest BCUT2D eigenvalue weighted by atomic mass is 9.93. The standard InChI is InChI=1S/C11H20N2/c1-3-4-7-13-9-11(8-12)6-5-10(13)2/h1,10-11H,4-9,12H2,2H3. The van der Waals surface area contributed by atoms with Crippen LogP contribution in [0.5, 0.6) is 0 Å². The SMILES string of the molecule is C#CCCN1CC(CN)CCC1C. The normalized spacial score (nSPS) is 29.9. The molecular formula is C11H20N2. The lowest BCUT2D eigenvalue weighted by Gasteiger charge is -2.37. The highest BCUT2D eigenvalue weighted by Gasteiger charge is 2.23. The van der Waals surface area contributed by atoms with Crippen LogP contribution in [0.15, 0.2) is 0 Å². The molecule has 0 saturated carbocycles. The van der Waals surface area contributed by atoms with E-state index in [0.717, 1.165) is 26.1 Å². The van der Waals surface area contributed by atoms with Crippen LogP contribution in [-0.2, 0) is 0 Å². The Morgan fingerprint density at radius 2 is 2.31 bits per heavy atom. The molecule has 1 fully saturated rings. The predicted molar refractivity (Wildman–Crippen MR) is 56.3 cm³/mol. The fourth-order valence-electron chi connectivity index (χ4n) is 1.97. The van der Waals surface area contributed by atoms with E-state index in [1.807, 2.05) is 0 Å². The monoisotopic (exact) mass is 180 g/mol. The molecule has 0 aromatic carbocycles. The summed E-state index contributed by atoms with van der Waals surface area (Å²) in [6, 6.07) is 0.691. The first-order valence-electron chi connectivity index (χ1n) is 5.15. The summed E-state index contributed by atoms with van der Waals surface area (Å²) in [5.41, 5.74) is 5.67. The van der Waals surface area contributed by atoms with E-state index in [4.69, 9.17) is 12.2 Å². The van der Waals surface area contributed by atoms with Crippen molar-refractivity contribution in [2.24, 2.45) is 11.7 Å². The second-order valence-corrected chi connectivity index (χ2v) is 3.98. The quantitative estimate of drug-likeness (QED) is 0.658. The maximum Gasteiger partial charge on any atom is 0.0214 e. The van der Waals surface area contributed by atoms with Crippen LogP contribution in [0, 0.1) is 18.3 Å². The molecule has 0 aromatic rings. The molecule has 0 radical (unpaired) electrons. The van der Waals surface area contributed by atoms with E-state index in [0.29, 0.717) is 12.0 Å². The van der Waals surface area contributed by atoms with Crippen molar-refractivity contribution in [2.75, 3.05) is 19.6 Å². The van der Waals surface area contributed by atoms with Gasteiger partial charge in [0, 0.05) is 25.6 Å². The van der Waals surface area contributed by atoms with Crippen molar-refractivity contribution in [3.63, 3.8) is 0 Å². The summed E-state index contributed by atoms with van der Waals surface area (Å²) in [5, 5.41) is 0. The van der Waals surface area contributed by atoms with Gasteiger partial charge in [0.2, 0.25) is 0 Å². The fraction of sp³-hybridized carbons (Fsp3) is 0.818. The predicted octanol–water partition coefficient (Wildman–Crippen LogP) is 1.07. The highest BCUT2D eigenvalue weighted by atomic mass is 15.2. The molecule has 2 atom stereocenters. The molecule has 2 heteroatoms. The Morgan fingerprint density at radius 1 is 1.54 bits per heavy atom. The molecule has 0 aromatic heterocycles. The first-order chi connectivity index (χ1) is 6.27. The largest absolute Gasteiger partial charge is 0.330 e. The summed E-state index contributed by atoms with van der Waals surface area (Å²) >= 11 is 0. The molecular weight excluding hydrogens is 160 g/mol. The highest BCUT2D eigenvalue weighted by Crippen LogP contribution is 2.20. The second kappa shape index (κ2) is 5.26. The molecule has 1 aliphatic rings.